The molecule has 1 fully saturated rings. The molecule has 1 aliphatic rings. The molecule has 0 aromatic heterocycles. The lowest BCUT2D eigenvalue weighted by atomic mass is 9.62. The lowest BCUT2D eigenvalue weighted by molar-refractivity contribution is -0.148. The van der Waals surface area contributed by atoms with Crippen molar-refractivity contribution < 1.29 is 20.1 Å². The summed E-state index contributed by atoms with van der Waals surface area (Å²) in [6.07, 6.45) is 0. The number of aromatic hydroxyl groups is 2. The van der Waals surface area contributed by atoms with Crippen molar-refractivity contribution in [1.82, 2.24) is 10.2 Å². The Morgan fingerprint density at radius 1 is 1.32 bits per heavy atom. The second-order valence-electron chi connectivity index (χ2n) is 6.06. The van der Waals surface area contributed by atoms with Gasteiger partial charge >= 0.3 is 5.97 Å². The Balaban J connectivity index is 2.32. The summed E-state index contributed by atoms with van der Waals surface area (Å²) in [5.74, 6) is -1.91. The number of nitrogens with two attached hydrogens (primary N) is 1. The molecule has 0 radical (unpaired) electrons. The fourth-order valence-corrected chi connectivity index (χ4v) is 3.22. The molecule has 122 valence electrons. The van der Waals surface area contributed by atoms with Gasteiger partial charge in [-0.05, 0) is 38.8 Å². The van der Waals surface area contributed by atoms with Gasteiger partial charge in [0, 0.05) is 30.1 Å². The predicted octanol–water partition coefficient (Wildman–Crippen LogP) is -0.127. The molecule has 0 heterocycles. The van der Waals surface area contributed by atoms with Crippen LogP contribution in [0, 0.1) is 5.92 Å². The Hall–Kier alpha value is -1.83. The van der Waals surface area contributed by atoms with Crippen molar-refractivity contribution in [3.8, 4) is 11.5 Å². The number of benzene rings is 1. The van der Waals surface area contributed by atoms with E-state index < -0.39 is 17.9 Å². The lowest BCUT2D eigenvalue weighted by Gasteiger charge is -2.48. The van der Waals surface area contributed by atoms with Gasteiger partial charge < -0.3 is 31.3 Å². The molecule has 7 nitrogen and oxygen atoms in total. The molecular formula is C15H23N3O4. The molecule has 4 unspecified atom stereocenters. The maximum Gasteiger partial charge on any atom is 0.309 e. The molecule has 0 saturated heterocycles. The third-order valence-corrected chi connectivity index (χ3v) is 4.31. The van der Waals surface area contributed by atoms with E-state index >= 15 is 0 Å². The molecule has 22 heavy (non-hydrogen) atoms. The number of nitrogens with zero attached hydrogens (tertiary/aromatic N) is 1. The number of aliphatic carboxylic acids is 1. The van der Waals surface area contributed by atoms with Crippen LogP contribution in [0.1, 0.15) is 17.0 Å². The second kappa shape index (κ2) is 6.12. The van der Waals surface area contributed by atoms with Crippen molar-refractivity contribution in [2.75, 3.05) is 21.1 Å². The maximum absolute atomic E-state index is 11.2. The van der Waals surface area contributed by atoms with E-state index in [2.05, 4.69) is 5.32 Å². The fraction of sp³-hybridized carbons (Fsp3) is 0.533. The highest BCUT2D eigenvalue weighted by Gasteiger charge is 2.52. The van der Waals surface area contributed by atoms with Crippen molar-refractivity contribution in [2.24, 2.45) is 11.7 Å². The van der Waals surface area contributed by atoms with E-state index in [1.165, 1.54) is 0 Å². The standard InChI is InChI=1S/C15H23N3O4/c1-17-14-11(13(16)12(14)15(21)22)7-4-9(19)8(6-18(2)3)10(20)5-7/h4-5,11-14,17,19-20H,6,16H2,1-3H3,(H,21,22). The summed E-state index contributed by atoms with van der Waals surface area (Å²) in [6.45, 7) is 0.405. The zero-order chi connectivity index (χ0) is 16.6. The molecule has 0 bridgehead atoms. The zero-order valence-corrected chi connectivity index (χ0v) is 12.9. The summed E-state index contributed by atoms with van der Waals surface area (Å²) in [7, 11) is 5.35. The van der Waals surface area contributed by atoms with Gasteiger partial charge in [0.05, 0.1) is 5.92 Å². The number of carbonyl (C=O) groups is 1. The molecule has 2 rings (SSSR count). The van der Waals surface area contributed by atoms with Crippen LogP contribution >= 0.6 is 0 Å². The van der Waals surface area contributed by atoms with E-state index in [4.69, 9.17) is 5.73 Å². The Morgan fingerprint density at radius 2 is 1.86 bits per heavy atom. The number of hydrogen-bond acceptors (Lipinski definition) is 6. The highest BCUT2D eigenvalue weighted by molar-refractivity contribution is 5.74. The van der Waals surface area contributed by atoms with E-state index in [0.29, 0.717) is 17.7 Å². The highest BCUT2D eigenvalue weighted by Crippen LogP contribution is 2.44. The van der Waals surface area contributed by atoms with E-state index in [1.807, 2.05) is 19.0 Å². The van der Waals surface area contributed by atoms with Crippen molar-refractivity contribution in [3.05, 3.63) is 23.3 Å². The third-order valence-electron chi connectivity index (χ3n) is 4.31. The van der Waals surface area contributed by atoms with Gasteiger partial charge in [-0.1, -0.05) is 0 Å². The molecule has 7 heteroatoms. The molecule has 0 aliphatic heterocycles. The average molecular weight is 309 g/mol. The lowest BCUT2D eigenvalue weighted by Crippen LogP contribution is -2.65. The molecule has 0 spiro atoms. The van der Waals surface area contributed by atoms with Crippen LogP contribution in [0.25, 0.3) is 0 Å². The van der Waals surface area contributed by atoms with Crippen LogP contribution in [0.5, 0.6) is 11.5 Å². The number of rotatable bonds is 5. The number of likely N-dealkylation sites (N-methyl/N-ethyl adjacent to an activating group) is 1. The second-order valence-corrected chi connectivity index (χ2v) is 6.06. The van der Waals surface area contributed by atoms with Crippen LogP contribution in [0.2, 0.25) is 0 Å². The first-order chi connectivity index (χ1) is 10.3. The van der Waals surface area contributed by atoms with E-state index in [-0.39, 0.29) is 23.5 Å². The minimum atomic E-state index is -0.944. The van der Waals surface area contributed by atoms with Crippen molar-refractivity contribution in [3.63, 3.8) is 0 Å². The fourth-order valence-electron chi connectivity index (χ4n) is 3.22. The first kappa shape index (κ1) is 16.5. The Morgan fingerprint density at radius 3 is 2.27 bits per heavy atom. The van der Waals surface area contributed by atoms with Crippen molar-refractivity contribution >= 4 is 5.97 Å². The number of phenols is 2. The largest absolute Gasteiger partial charge is 0.507 e. The number of phenolic OH excluding ortho intramolecular Hbond substituents is 2. The summed E-state index contributed by atoms with van der Waals surface area (Å²) in [6, 6.07) is 2.23. The summed E-state index contributed by atoms with van der Waals surface area (Å²) >= 11 is 0. The topological polar surface area (TPSA) is 119 Å². The summed E-state index contributed by atoms with van der Waals surface area (Å²) in [5.41, 5.74) is 7.08. The summed E-state index contributed by atoms with van der Waals surface area (Å²) in [5, 5.41) is 32.5. The molecule has 1 aromatic rings. The highest BCUT2D eigenvalue weighted by atomic mass is 16.4. The van der Waals surface area contributed by atoms with Crippen LogP contribution in [0.4, 0.5) is 0 Å². The minimum absolute atomic E-state index is 0.00970. The van der Waals surface area contributed by atoms with E-state index in [0.717, 1.165) is 0 Å². The van der Waals surface area contributed by atoms with Crippen molar-refractivity contribution in [1.29, 1.82) is 0 Å². The van der Waals surface area contributed by atoms with Gasteiger partial charge in [-0.15, -0.1) is 0 Å². The quantitative estimate of drug-likeness (QED) is 0.514. The van der Waals surface area contributed by atoms with Gasteiger partial charge in [-0.3, -0.25) is 4.79 Å². The zero-order valence-electron chi connectivity index (χ0n) is 12.9. The van der Waals surface area contributed by atoms with Crippen LogP contribution in [0.3, 0.4) is 0 Å². The average Bonchev–Trinajstić information content (AvgIpc) is 2.39. The smallest absolute Gasteiger partial charge is 0.309 e. The Bertz CT molecular complexity index is 553. The molecule has 1 saturated carbocycles. The molecule has 1 aromatic carbocycles. The third kappa shape index (κ3) is 2.75. The van der Waals surface area contributed by atoms with E-state index in [1.54, 1.807) is 19.2 Å². The Kier molecular flexibility index (Phi) is 4.60. The SMILES string of the molecule is CNC1C(C(=O)O)C(N)C1c1cc(O)c(CN(C)C)c(O)c1. The van der Waals surface area contributed by atoms with E-state index in [9.17, 15) is 20.1 Å². The number of nitrogens with one attached hydrogen (secondary N) is 1. The van der Waals surface area contributed by atoms with Crippen LogP contribution in [-0.4, -0.2) is 59.4 Å². The summed E-state index contributed by atoms with van der Waals surface area (Å²) < 4.78 is 0. The number of hydrogen-bond donors (Lipinski definition) is 5. The number of carboxylic acids is 1. The minimum Gasteiger partial charge on any atom is -0.507 e. The van der Waals surface area contributed by atoms with Gasteiger partial charge in [0.2, 0.25) is 0 Å². The predicted molar refractivity (Wildman–Crippen MR) is 81.9 cm³/mol. The van der Waals surface area contributed by atoms with Gasteiger partial charge in [0.1, 0.15) is 11.5 Å². The first-order valence-corrected chi connectivity index (χ1v) is 7.13. The number of carboxylic acid groups (broad SMARTS) is 1. The molecule has 1 aliphatic carbocycles. The molecule has 6 N–H and O–H groups in total. The first-order valence-electron chi connectivity index (χ1n) is 7.13. The van der Waals surface area contributed by atoms with Gasteiger partial charge in [0.15, 0.2) is 0 Å². The van der Waals surface area contributed by atoms with Crippen LogP contribution in [0.15, 0.2) is 12.1 Å². The van der Waals surface area contributed by atoms with Gasteiger partial charge in [-0.2, -0.15) is 0 Å². The Labute approximate surface area is 129 Å². The molecule has 0 amide bonds. The summed E-state index contributed by atoms with van der Waals surface area (Å²) in [4.78, 5) is 13.1. The molecule has 4 atom stereocenters. The monoisotopic (exact) mass is 309 g/mol. The van der Waals surface area contributed by atoms with Crippen LogP contribution < -0.4 is 11.1 Å². The van der Waals surface area contributed by atoms with Crippen LogP contribution in [-0.2, 0) is 11.3 Å². The maximum atomic E-state index is 11.2. The van der Waals surface area contributed by atoms with Crippen molar-refractivity contribution in [2.45, 2.75) is 24.5 Å². The van der Waals surface area contributed by atoms with Gasteiger partial charge in [-0.25, -0.2) is 0 Å². The molecular weight excluding hydrogens is 286 g/mol. The normalized spacial score (nSPS) is 27.7. The van der Waals surface area contributed by atoms with Gasteiger partial charge in [0.25, 0.3) is 0 Å².